The van der Waals surface area contributed by atoms with E-state index < -0.39 is 0 Å². The Morgan fingerprint density at radius 1 is 0.895 bits per heavy atom. The lowest BCUT2D eigenvalue weighted by Crippen LogP contribution is -1.74. The van der Waals surface area contributed by atoms with Crippen LogP contribution in [0.2, 0.25) is 0 Å². The van der Waals surface area contributed by atoms with Crippen LogP contribution in [0.1, 0.15) is 19.8 Å². The number of hydrogen-bond donors (Lipinski definition) is 0. The van der Waals surface area contributed by atoms with Crippen molar-refractivity contribution >= 4 is 18.0 Å². The van der Waals surface area contributed by atoms with Crippen LogP contribution < -0.4 is 0 Å². The Hall–Kier alpha value is -1.52. The van der Waals surface area contributed by atoms with Crippen molar-refractivity contribution in [2.24, 2.45) is 0 Å². The molecule has 3 aromatic rings. The number of unbranched alkanes of at least 4 members (excludes halogenated alkanes) is 1. The molecule has 0 aliphatic carbocycles. The van der Waals surface area contributed by atoms with Crippen LogP contribution in [-0.4, -0.2) is 0 Å². The second-order valence-corrected chi connectivity index (χ2v) is 7.23. The summed E-state index contributed by atoms with van der Waals surface area (Å²) in [5.74, 6) is 0. The largest absolute Gasteiger partial charge is 0.109 e. The molecule has 0 bridgehead atoms. The minimum Gasteiger partial charge on any atom is -0.109 e. The number of hydrogen-bond acceptors (Lipinski definition) is 0. The lowest BCUT2D eigenvalue weighted by molar-refractivity contribution is 0.856. The van der Waals surface area contributed by atoms with Gasteiger partial charge in [0.1, 0.15) is 0 Å². The summed E-state index contributed by atoms with van der Waals surface area (Å²) in [6.45, 7) is 2.28. The highest BCUT2D eigenvalue weighted by molar-refractivity contribution is 7.58. The van der Waals surface area contributed by atoms with E-state index in [0.717, 1.165) is 0 Å². The van der Waals surface area contributed by atoms with Gasteiger partial charge in [0.15, 0.2) is 0 Å². The summed E-state index contributed by atoms with van der Waals surface area (Å²) in [5.41, 5.74) is 1.40. The summed E-state index contributed by atoms with van der Waals surface area (Å²) in [4.78, 5) is 0. The highest BCUT2D eigenvalue weighted by Gasteiger charge is 2.10. The fourth-order valence-corrected chi connectivity index (χ4v) is 5.46. The molecule has 3 rings (SSSR count). The van der Waals surface area contributed by atoms with Crippen LogP contribution in [0.15, 0.2) is 60.7 Å². The summed E-state index contributed by atoms with van der Waals surface area (Å²) in [7, 11) is -0.145. The minimum atomic E-state index is -0.145. The van der Waals surface area contributed by atoms with Gasteiger partial charge in [-0.1, -0.05) is 67.9 Å². The summed E-state index contributed by atoms with van der Waals surface area (Å²) in [5, 5.41) is 4.57. The second-order valence-electron chi connectivity index (χ2n) is 4.96. The van der Waals surface area contributed by atoms with E-state index in [0.29, 0.717) is 0 Å². The average molecular weight is 266 g/mol. The predicted molar refractivity (Wildman–Crippen MR) is 87.0 cm³/mol. The normalized spacial score (nSPS) is 11.9. The fourth-order valence-electron chi connectivity index (χ4n) is 2.62. The van der Waals surface area contributed by atoms with Gasteiger partial charge in [0, 0.05) is 10.4 Å². The van der Waals surface area contributed by atoms with Crippen molar-refractivity contribution in [3.63, 3.8) is 0 Å². The summed E-state index contributed by atoms with van der Waals surface area (Å²) in [6.07, 6.45) is 3.93. The molecule has 96 valence electrons. The van der Waals surface area contributed by atoms with Gasteiger partial charge in [0.2, 0.25) is 0 Å². The van der Waals surface area contributed by atoms with Crippen LogP contribution in [0.25, 0.3) is 21.4 Å². The molecule has 1 unspecified atom stereocenters. The molecule has 0 saturated heterocycles. The van der Waals surface area contributed by atoms with Crippen molar-refractivity contribution in [1.29, 1.82) is 0 Å². The quantitative estimate of drug-likeness (QED) is 0.520. The van der Waals surface area contributed by atoms with Gasteiger partial charge in [-0.05, 0) is 29.6 Å². The molecular formula is C18H19P. The van der Waals surface area contributed by atoms with Crippen LogP contribution in [0.3, 0.4) is 0 Å². The Labute approximate surface area is 116 Å². The Bertz CT molecular complexity index is 664. The van der Waals surface area contributed by atoms with Crippen molar-refractivity contribution in [2.75, 3.05) is 0 Å². The number of aryl methyl sites for hydroxylation is 1. The molecule has 19 heavy (non-hydrogen) atoms. The molecule has 0 nitrogen and oxygen atoms in total. The van der Waals surface area contributed by atoms with Crippen molar-refractivity contribution < 1.29 is 0 Å². The molecule has 0 aliphatic heterocycles. The zero-order valence-electron chi connectivity index (χ0n) is 11.3. The molecule has 1 heteroatoms. The van der Waals surface area contributed by atoms with Crippen LogP contribution in [0, 0.1) is 0 Å². The topological polar surface area (TPSA) is 0 Å². The molecule has 2 aromatic carbocycles. The van der Waals surface area contributed by atoms with Gasteiger partial charge in [0.25, 0.3) is 0 Å². The molecule has 0 N–H and O–H groups in total. The predicted octanol–water partition coefficient (Wildman–Crippen LogP) is 6.29. The summed E-state index contributed by atoms with van der Waals surface area (Å²) >= 11 is 0. The van der Waals surface area contributed by atoms with Crippen molar-refractivity contribution in [3.05, 3.63) is 60.7 Å². The first-order chi connectivity index (χ1) is 9.40. The third kappa shape index (κ3) is 2.46. The molecule has 1 heterocycles. The highest BCUT2D eigenvalue weighted by atomic mass is 31.1. The zero-order valence-corrected chi connectivity index (χ0v) is 12.2. The summed E-state index contributed by atoms with van der Waals surface area (Å²) in [6, 6.07) is 22.2. The summed E-state index contributed by atoms with van der Waals surface area (Å²) < 4.78 is 0. The lowest BCUT2D eigenvalue weighted by atomic mass is 10.2. The van der Waals surface area contributed by atoms with E-state index in [1.165, 1.54) is 30.0 Å². The maximum absolute atomic E-state index is 2.41. The Morgan fingerprint density at radius 3 is 2.42 bits per heavy atom. The third-order valence-corrected chi connectivity index (χ3v) is 6.34. The molecule has 0 saturated carbocycles. The van der Waals surface area contributed by atoms with E-state index in [4.69, 9.17) is 0 Å². The van der Waals surface area contributed by atoms with Crippen LogP contribution in [0.4, 0.5) is 0 Å². The Morgan fingerprint density at radius 2 is 1.63 bits per heavy atom. The third-order valence-electron chi connectivity index (χ3n) is 3.62. The van der Waals surface area contributed by atoms with E-state index in [2.05, 4.69) is 67.6 Å². The molecule has 0 radical (unpaired) electrons. The van der Waals surface area contributed by atoms with E-state index in [9.17, 15) is 0 Å². The molecule has 0 aliphatic rings. The van der Waals surface area contributed by atoms with Gasteiger partial charge in [0.05, 0.1) is 0 Å². The van der Waals surface area contributed by atoms with Gasteiger partial charge in [-0.3, -0.25) is 0 Å². The molecular weight excluding hydrogens is 247 g/mol. The van der Waals surface area contributed by atoms with Crippen molar-refractivity contribution in [3.8, 4) is 10.9 Å². The standard InChI is InChI=1S/C18H19P/c1-2-3-13-19-17-12-8-7-11-16(17)14-18(19)15-9-5-4-6-10-15/h4-12,14H,2-3,13H2,1H3. The zero-order chi connectivity index (χ0) is 13.1. The lowest BCUT2D eigenvalue weighted by Gasteiger charge is -2.06. The highest BCUT2D eigenvalue weighted by Crippen LogP contribution is 2.50. The van der Waals surface area contributed by atoms with E-state index >= 15 is 0 Å². The molecule has 0 amide bonds. The first kappa shape index (κ1) is 12.5. The van der Waals surface area contributed by atoms with Gasteiger partial charge in [-0.25, -0.2) is 0 Å². The first-order valence-corrected chi connectivity index (χ1v) is 8.56. The van der Waals surface area contributed by atoms with Crippen molar-refractivity contribution in [2.45, 2.75) is 25.9 Å². The molecule has 0 spiro atoms. The molecule has 1 atom stereocenters. The SMILES string of the molecule is CCCCp1c(-c2ccccc2)cc2ccccc21. The molecule has 0 fully saturated rings. The average Bonchev–Trinajstić information content (AvgIpc) is 2.85. The number of benzene rings is 2. The van der Waals surface area contributed by atoms with Crippen LogP contribution in [0.5, 0.6) is 0 Å². The van der Waals surface area contributed by atoms with Crippen LogP contribution in [-0.2, 0) is 6.16 Å². The number of rotatable bonds is 4. The van der Waals surface area contributed by atoms with E-state index in [1.807, 2.05) is 0 Å². The second kappa shape index (κ2) is 5.63. The van der Waals surface area contributed by atoms with Gasteiger partial charge in [-0.15, -0.1) is 7.53 Å². The van der Waals surface area contributed by atoms with Gasteiger partial charge in [-0.2, -0.15) is 0 Å². The monoisotopic (exact) mass is 266 g/mol. The maximum Gasteiger partial charge on any atom is 0.00237 e. The van der Waals surface area contributed by atoms with Gasteiger partial charge < -0.3 is 0 Å². The Balaban J connectivity index is 2.17. The Kier molecular flexibility index (Phi) is 3.71. The molecule has 1 aromatic heterocycles. The van der Waals surface area contributed by atoms with Gasteiger partial charge >= 0.3 is 0 Å². The van der Waals surface area contributed by atoms with E-state index in [1.54, 1.807) is 10.4 Å². The van der Waals surface area contributed by atoms with Crippen LogP contribution >= 0.6 is 7.53 Å². The van der Waals surface area contributed by atoms with Crippen molar-refractivity contribution in [1.82, 2.24) is 0 Å². The number of fused-ring (bicyclic) bond motifs is 1. The first-order valence-electron chi connectivity index (χ1n) is 7.04. The van der Waals surface area contributed by atoms with E-state index in [-0.39, 0.29) is 7.53 Å². The smallest absolute Gasteiger partial charge is 0.00237 e. The maximum atomic E-state index is 2.41. The minimum absolute atomic E-state index is 0.145. The fraction of sp³-hybridized carbons (Fsp3) is 0.222.